The van der Waals surface area contributed by atoms with Crippen LogP contribution in [0.4, 0.5) is 0 Å². The number of amides is 2. The summed E-state index contributed by atoms with van der Waals surface area (Å²) in [6.07, 6.45) is 5.05. The molecule has 0 bridgehead atoms. The van der Waals surface area contributed by atoms with Gasteiger partial charge in [0.2, 0.25) is 18.6 Å². The molecule has 0 unspecified atom stereocenters. The lowest BCUT2D eigenvalue weighted by Gasteiger charge is -2.24. The van der Waals surface area contributed by atoms with E-state index in [4.69, 9.17) is 9.47 Å². The number of carbonyl (C=O) groups is 2. The fraction of sp³-hybridized carbons (Fsp3) is 0.619. The van der Waals surface area contributed by atoms with E-state index in [1.807, 2.05) is 25.2 Å². The van der Waals surface area contributed by atoms with Gasteiger partial charge in [-0.3, -0.25) is 9.59 Å². The number of hydrogen-bond acceptors (Lipinski definition) is 5. The second-order valence-corrected chi connectivity index (χ2v) is 8.12. The van der Waals surface area contributed by atoms with Crippen LogP contribution in [-0.2, 0) is 16.1 Å². The number of ether oxygens (including phenoxy) is 2. The molecule has 2 amide bonds. The molecule has 7 nitrogen and oxygen atoms in total. The minimum atomic E-state index is -0.211. The standard InChI is InChI=1S/C21H29N3O4/c1-24-12-17(22-11-15-5-3-7-18-20(15)28-13-27-18)6-2-4-14(10-19(24)25)21(26)23-16-8-9-16/h3,5,7,14,16-17,22H,2,4,6,8-13H2,1H3,(H,23,26)/t14-,17-/m1/s1. The van der Waals surface area contributed by atoms with E-state index in [2.05, 4.69) is 10.6 Å². The summed E-state index contributed by atoms with van der Waals surface area (Å²) in [5.41, 5.74) is 1.06. The van der Waals surface area contributed by atoms with Crippen LogP contribution in [0.25, 0.3) is 0 Å². The summed E-state index contributed by atoms with van der Waals surface area (Å²) >= 11 is 0. The molecule has 1 saturated carbocycles. The number of fused-ring (bicyclic) bond motifs is 1. The van der Waals surface area contributed by atoms with Crippen molar-refractivity contribution < 1.29 is 19.1 Å². The number of carbonyl (C=O) groups excluding carboxylic acids is 2. The SMILES string of the molecule is CN1C[C@H](NCc2cccc3c2OCO3)CCC[C@@H](C(=O)NC2CC2)CC1=O. The molecule has 1 aliphatic carbocycles. The number of rotatable bonds is 5. The van der Waals surface area contributed by atoms with Gasteiger partial charge in [-0.2, -0.15) is 0 Å². The molecule has 7 heteroatoms. The minimum Gasteiger partial charge on any atom is -0.454 e. The Morgan fingerprint density at radius 3 is 2.86 bits per heavy atom. The highest BCUT2D eigenvalue weighted by atomic mass is 16.7. The molecule has 152 valence electrons. The van der Waals surface area contributed by atoms with E-state index in [-0.39, 0.29) is 30.6 Å². The van der Waals surface area contributed by atoms with E-state index in [1.165, 1.54) is 0 Å². The van der Waals surface area contributed by atoms with Crippen LogP contribution in [0.15, 0.2) is 18.2 Å². The maximum atomic E-state index is 12.6. The van der Waals surface area contributed by atoms with E-state index >= 15 is 0 Å². The second kappa shape index (κ2) is 8.39. The predicted molar refractivity (Wildman–Crippen MR) is 104 cm³/mol. The first-order chi connectivity index (χ1) is 13.6. The third-order valence-corrected chi connectivity index (χ3v) is 5.80. The fourth-order valence-electron chi connectivity index (χ4n) is 3.92. The number of likely N-dealkylation sites (N-methyl/N-ethyl adjacent to an activating group) is 1. The van der Waals surface area contributed by atoms with Crippen molar-refractivity contribution in [1.29, 1.82) is 0 Å². The average molecular weight is 387 g/mol. The van der Waals surface area contributed by atoms with Crippen molar-refractivity contribution in [3.63, 3.8) is 0 Å². The number of nitrogens with zero attached hydrogens (tertiary/aromatic N) is 1. The van der Waals surface area contributed by atoms with Crippen LogP contribution < -0.4 is 20.1 Å². The number of benzene rings is 1. The van der Waals surface area contributed by atoms with Gasteiger partial charge in [0.15, 0.2) is 11.5 Å². The molecule has 1 aromatic rings. The number of nitrogens with one attached hydrogen (secondary N) is 2. The molecular formula is C21H29N3O4. The molecule has 1 saturated heterocycles. The van der Waals surface area contributed by atoms with Crippen molar-refractivity contribution in [3.8, 4) is 11.5 Å². The maximum Gasteiger partial charge on any atom is 0.231 e. The molecule has 4 rings (SSSR count). The summed E-state index contributed by atoms with van der Waals surface area (Å²) < 4.78 is 11.0. The first-order valence-electron chi connectivity index (χ1n) is 10.3. The van der Waals surface area contributed by atoms with Crippen LogP contribution in [-0.4, -0.2) is 49.2 Å². The lowest BCUT2D eigenvalue weighted by molar-refractivity contribution is -0.135. The molecule has 2 heterocycles. The average Bonchev–Trinajstić information content (AvgIpc) is 3.34. The summed E-state index contributed by atoms with van der Waals surface area (Å²) in [6.45, 7) is 1.56. The van der Waals surface area contributed by atoms with E-state index in [0.717, 1.165) is 49.2 Å². The fourth-order valence-corrected chi connectivity index (χ4v) is 3.92. The second-order valence-electron chi connectivity index (χ2n) is 8.12. The largest absolute Gasteiger partial charge is 0.454 e. The highest BCUT2D eigenvalue weighted by Crippen LogP contribution is 2.35. The number of hydrogen-bond donors (Lipinski definition) is 2. The molecular weight excluding hydrogens is 358 g/mol. The van der Waals surface area contributed by atoms with Gasteiger partial charge < -0.3 is 25.0 Å². The third kappa shape index (κ3) is 4.58. The summed E-state index contributed by atoms with van der Waals surface area (Å²) in [7, 11) is 1.83. The van der Waals surface area contributed by atoms with Gasteiger partial charge in [-0.1, -0.05) is 18.6 Å². The zero-order chi connectivity index (χ0) is 19.5. The zero-order valence-corrected chi connectivity index (χ0v) is 16.4. The van der Waals surface area contributed by atoms with Crippen LogP contribution in [0.1, 0.15) is 44.1 Å². The molecule has 1 aromatic carbocycles. The first kappa shape index (κ1) is 19.1. The van der Waals surface area contributed by atoms with E-state index in [0.29, 0.717) is 25.6 Å². The van der Waals surface area contributed by atoms with Crippen molar-refractivity contribution in [2.45, 2.75) is 57.2 Å². The highest BCUT2D eigenvalue weighted by Gasteiger charge is 2.31. The quantitative estimate of drug-likeness (QED) is 0.805. The Balaban J connectivity index is 1.36. The van der Waals surface area contributed by atoms with Crippen LogP contribution in [0.3, 0.4) is 0 Å². The Morgan fingerprint density at radius 2 is 2.04 bits per heavy atom. The normalized spacial score (nSPS) is 25.0. The van der Waals surface area contributed by atoms with Crippen LogP contribution >= 0.6 is 0 Å². The monoisotopic (exact) mass is 387 g/mol. The molecule has 3 aliphatic rings. The van der Waals surface area contributed by atoms with Crippen LogP contribution in [0.2, 0.25) is 0 Å². The van der Waals surface area contributed by atoms with Gasteiger partial charge in [-0.25, -0.2) is 0 Å². The van der Waals surface area contributed by atoms with Gasteiger partial charge in [0, 0.05) is 50.1 Å². The van der Waals surface area contributed by atoms with Gasteiger partial charge in [-0.05, 0) is 31.7 Å². The van der Waals surface area contributed by atoms with Crippen molar-refractivity contribution in [3.05, 3.63) is 23.8 Å². The molecule has 2 N–H and O–H groups in total. The smallest absolute Gasteiger partial charge is 0.231 e. The summed E-state index contributed by atoms with van der Waals surface area (Å²) in [5, 5.41) is 6.63. The van der Waals surface area contributed by atoms with Gasteiger partial charge in [-0.15, -0.1) is 0 Å². The molecule has 2 fully saturated rings. The topological polar surface area (TPSA) is 79.9 Å². The molecule has 0 radical (unpaired) electrons. The summed E-state index contributed by atoms with van der Waals surface area (Å²) in [4.78, 5) is 26.8. The Labute approximate surface area is 165 Å². The van der Waals surface area contributed by atoms with Gasteiger partial charge >= 0.3 is 0 Å². The van der Waals surface area contributed by atoms with Gasteiger partial charge in [0.1, 0.15) is 0 Å². The summed E-state index contributed by atoms with van der Waals surface area (Å²) in [6, 6.07) is 6.42. The van der Waals surface area contributed by atoms with Crippen molar-refractivity contribution in [1.82, 2.24) is 15.5 Å². The maximum absolute atomic E-state index is 12.6. The lowest BCUT2D eigenvalue weighted by Crippen LogP contribution is -2.42. The third-order valence-electron chi connectivity index (χ3n) is 5.80. The molecule has 0 aromatic heterocycles. The molecule has 0 spiro atoms. The van der Waals surface area contributed by atoms with E-state index < -0.39 is 0 Å². The van der Waals surface area contributed by atoms with E-state index in [9.17, 15) is 9.59 Å². The Bertz CT molecular complexity index is 734. The molecule has 28 heavy (non-hydrogen) atoms. The van der Waals surface area contributed by atoms with Crippen LogP contribution in [0.5, 0.6) is 11.5 Å². The highest BCUT2D eigenvalue weighted by molar-refractivity contribution is 5.86. The minimum absolute atomic E-state index is 0.0435. The zero-order valence-electron chi connectivity index (χ0n) is 16.4. The van der Waals surface area contributed by atoms with Crippen molar-refractivity contribution >= 4 is 11.8 Å². The van der Waals surface area contributed by atoms with Crippen molar-refractivity contribution in [2.75, 3.05) is 20.4 Å². The lowest BCUT2D eigenvalue weighted by atomic mass is 9.96. The van der Waals surface area contributed by atoms with Gasteiger partial charge in [0.25, 0.3) is 0 Å². The van der Waals surface area contributed by atoms with Crippen molar-refractivity contribution in [2.24, 2.45) is 5.92 Å². The molecule has 2 aliphatic heterocycles. The summed E-state index contributed by atoms with van der Waals surface area (Å²) in [5.74, 6) is 1.47. The predicted octanol–water partition coefficient (Wildman–Crippen LogP) is 1.80. The van der Waals surface area contributed by atoms with E-state index in [1.54, 1.807) is 4.90 Å². The van der Waals surface area contributed by atoms with Gasteiger partial charge in [0.05, 0.1) is 0 Å². The van der Waals surface area contributed by atoms with Crippen LogP contribution in [0, 0.1) is 5.92 Å². The number of para-hydroxylation sites is 1. The Kier molecular flexibility index (Phi) is 5.71. The first-order valence-corrected chi connectivity index (χ1v) is 10.3. The Morgan fingerprint density at radius 1 is 1.18 bits per heavy atom. The molecule has 2 atom stereocenters. The Hall–Kier alpha value is -2.28.